The van der Waals surface area contributed by atoms with Gasteiger partial charge in [0.15, 0.2) is 0 Å². The lowest BCUT2D eigenvalue weighted by molar-refractivity contribution is 1.18. The number of nitrogens with zero attached hydrogens (tertiary/aromatic N) is 3. The molecule has 0 saturated heterocycles. The van der Waals surface area contributed by atoms with E-state index in [4.69, 9.17) is 0 Å². The molecule has 13 aromatic rings. The van der Waals surface area contributed by atoms with Crippen molar-refractivity contribution >= 4 is 60.7 Å². The van der Waals surface area contributed by atoms with Crippen LogP contribution in [0.4, 0.5) is 17.1 Å². The quantitative estimate of drug-likeness (QED) is 0.141. The van der Waals surface area contributed by atoms with Crippen LogP contribution in [0.3, 0.4) is 0 Å². The molecule has 13 rings (SSSR count). The first-order valence-electron chi connectivity index (χ1n) is 23.7. The van der Waals surface area contributed by atoms with Gasteiger partial charge < -0.3 is 14.0 Å². The van der Waals surface area contributed by atoms with Crippen molar-refractivity contribution in [3.8, 4) is 55.9 Å². The zero-order valence-corrected chi connectivity index (χ0v) is 37.8. The average molecular weight is 880 g/mol. The zero-order valence-electron chi connectivity index (χ0n) is 37.8. The third kappa shape index (κ3) is 7.16. The highest BCUT2D eigenvalue weighted by Crippen LogP contribution is 2.40. The highest BCUT2D eigenvalue weighted by molar-refractivity contribution is 6.11. The first-order chi connectivity index (χ1) is 34.2. The molecule has 0 atom stereocenters. The highest BCUT2D eigenvalue weighted by atomic mass is 15.1. The summed E-state index contributed by atoms with van der Waals surface area (Å²) < 4.78 is 4.74. The smallest absolute Gasteiger partial charge is 0.0547 e. The molecule has 2 heterocycles. The maximum atomic E-state index is 2.38. The van der Waals surface area contributed by atoms with Crippen LogP contribution in [0.5, 0.6) is 0 Å². The molecule has 0 bridgehead atoms. The van der Waals surface area contributed by atoms with E-state index in [1.807, 2.05) is 0 Å². The number of hydrogen-bond donors (Lipinski definition) is 0. The lowest BCUT2D eigenvalue weighted by Gasteiger charge is -2.26. The van der Waals surface area contributed by atoms with Crippen LogP contribution in [0.1, 0.15) is 0 Å². The Morgan fingerprint density at radius 1 is 0.203 bits per heavy atom. The van der Waals surface area contributed by atoms with Crippen molar-refractivity contribution < 1.29 is 0 Å². The molecule has 0 amide bonds. The summed E-state index contributed by atoms with van der Waals surface area (Å²) in [6.07, 6.45) is 0. The molecular formula is C66H45N3. The molecule has 324 valence electrons. The third-order valence-corrected chi connectivity index (χ3v) is 13.7. The number of anilines is 3. The van der Waals surface area contributed by atoms with Gasteiger partial charge in [0.05, 0.1) is 22.1 Å². The molecule has 0 unspecified atom stereocenters. The summed E-state index contributed by atoms with van der Waals surface area (Å²) in [6, 6.07) is 98.9. The van der Waals surface area contributed by atoms with E-state index in [-0.39, 0.29) is 0 Å². The van der Waals surface area contributed by atoms with E-state index in [1.54, 1.807) is 0 Å². The van der Waals surface area contributed by atoms with Crippen LogP contribution in [-0.4, -0.2) is 9.13 Å². The molecule has 11 aromatic carbocycles. The number of aromatic nitrogens is 2. The van der Waals surface area contributed by atoms with E-state index in [9.17, 15) is 0 Å². The van der Waals surface area contributed by atoms with Crippen LogP contribution >= 0.6 is 0 Å². The second-order valence-electron chi connectivity index (χ2n) is 17.8. The van der Waals surface area contributed by atoms with E-state index >= 15 is 0 Å². The summed E-state index contributed by atoms with van der Waals surface area (Å²) in [5.74, 6) is 0. The van der Waals surface area contributed by atoms with Gasteiger partial charge in [-0.25, -0.2) is 0 Å². The van der Waals surface area contributed by atoms with E-state index in [0.717, 1.165) is 17.1 Å². The van der Waals surface area contributed by atoms with Crippen LogP contribution in [0, 0.1) is 0 Å². The summed E-state index contributed by atoms with van der Waals surface area (Å²) in [4.78, 5) is 2.33. The maximum absolute atomic E-state index is 2.38. The predicted octanol–water partition coefficient (Wildman–Crippen LogP) is 18.0. The summed E-state index contributed by atoms with van der Waals surface area (Å²) in [5.41, 5.74) is 20.0. The first-order valence-corrected chi connectivity index (χ1v) is 23.7. The number of rotatable bonds is 9. The van der Waals surface area contributed by atoms with Gasteiger partial charge in [0.2, 0.25) is 0 Å². The predicted molar refractivity (Wildman–Crippen MR) is 292 cm³/mol. The van der Waals surface area contributed by atoms with Crippen molar-refractivity contribution in [1.29, 1.82) is 0 Å². The maximum Gasteiger partial charge on any atom is 0.0547 e. The molecule has 3 nitrogen and oxygen atoms in total. The van der Waals surface area contributed by atoms with E-state index < -0.39 is 0 Å². The molecule has 0 aliphatic carbocycles. The van der Waals surface area contributed by atoms with Gasteiger partial charge in [0.25, 0.3) is 0 Å². The van der Waals surface area contributed by atoms with Crippen molar-refractivity contribution in [2.45, 2.75) is 0 Å². The molecule has 0 N–H and O–H groups in total. The van der Waals surface area contributed by atoms with E-state index in [0.29, 0.717) is 0 Å². The van der Waals surface area contributed by atoms with Gasteiger partial charge in [-0.3, -0.25) is 0 Å². The van der Waals surface area contributed by atoms with Gasteiger partial charge in [-0.1, -0.05) is 182 Å². The number of hydrogen-bond acceptors (Lipinski definition) is 1. The van der Waals surface area contributed by atoms with Crippen molar-refractivity contribution in [2.75, 3.05) is 4.90 Å². The normalized spacial score (nSPS) is 11.5. The number of benzene rings is 11. The minimum absolute atomic E-state index is 1.10. The largest absolute Gasteiger partial charge is 0.311 e. The molecule has 0 spiro atoms. The van der Waals surface area contributed by atoms with E-state index in [1.165, 1.54) is 99.5 Å². The number of fused-ring (bicyclic) bond motifs is 6. The van der Waals surface area contributed by atoms with Crippen molar-refractivity contribution in [3.63, 3.8) is 0 Å². The van der Waals surface area contributed by atoms with Gasteiger partial charge in [-0.05, 0) is 136 Å². The fourth-order valence-electron chi connectivity index (χ4n) is 10.4. The number of para-hydroxylation sites is 5. The first kappa shape index (κ1) is 40.1. The van der Waals surface area contributed by atoms with Crippen molar-refractivity contribution in [3.05, 3.63) is 273 Å². The van der Waals surface area contributed by atoms with E-state index in [2.05, 4.69) is 287 Å². The molecule has 2 aromatic heterocycles. The molecule has 0 aliphatic heterocycles. The lowest BCUT2D eigenvalue weighted by atomic mass is 9.98. The Morgan fingerprint density at radius 3 is 1.03 bits per heavy atom. The Hall–Kier alpha value is -9.18. The summed E-state index contributed by atoms with van der Waals surface area (Å²) >= 11 is 0. The minimum atomic E-state index is 1.10. The fraction of sp³-hybridized carbons (Fsp3) is 0. The standard InChI is InChI=1S/C66H45N3/c1-4-14-54(15-5-1)67(57-38-32-48(33-39-57)46-24-28-50(29-25-46)52-37-43-65-62(44-52)60-21-11-13-23-64(60)68(65)55-16-6-2-7-17-55)58-40-34-49(35-41-58)47-26-30-51(31-27-47)53-36-42-61-59-20-10-12-22-63(59)69(66(61)45-53)56-18-8-3-9-19-56/h1-45H. The SMILES string of the molecule is c1ccc(N(c2ccc(-c3ccc(-c4ccc5c(c4)c4ccccc4n5-c4ccccc4)cc3)cc2)c2ccc(-c3ccc(-c4ccc5c6ccccc6n(-c6ccccc6)c5c4)cc3)cc2)cc1. The van der Waals surface area contributed by atoms with Crippen LogP contribution < -0.4 is 4.90 Å². The molecule has 0 aliphatic rings. The van der Waals surface area contributed by atoms with Crippen LogP contribution in [0.2, 0.25) is 0 Å². The van der Waals surface area contributed by atoms with Gasteiger partial charge in [0, 0.05) is 50.0 Å². The van der Waals surface area contributed by atoms with Crippen LogP contribution in [0.25, 0.3) is 99.5 Å². The third-order valence-electron chi connectivity index (χ3n) is 13.7. The Bertz CT molecular complexity index is 3940. The molecule has 0 fully saturated rings. The monoisotopic (exact) mass is 879 g/mol. The second kappa shape index (κ2) is 16.9. The highest BCUT2D eigenvalue weighted by Gasteiger charge is 2.17. The van der Waals surface area contributed by atoms with Gasteiger partial charge in [-0.15, -0.1) is 0 Å². The molecule has 0 saturated carbocycles. The topological polar surface area (TPSA) is 13.1 Å². The Morgan fingerprint density at radius 2 is 0.522 bits per heavy atom. The van der Waals surface area contributed by atoms with Gasteiger partial charge in [0.1, 0.15) is 0 Å². The Balaban J connectivity index is 0.759. The Kier molecular flexibility index (Phi) is 9.84. The average Bonchev–Trinajstić information content (AvgIpc) is 3.94. The summed E-state index contributed by atoms with van der Waals surface area (Å²) in [5, 5.41) is 5.04. The van der Waals surface area contributed by atoms with Gasteiger partial charge in [-0.2, -0.15) is 0 Å². The Labute approximate surface area is 401 Å². The lowest BCUT2D eigenvalue weighted by Crippen LogP contribution is -2.09. The zero-order chi connectivity index (χ0) is 45.7. The van der Waals surface area contributed by atoms with Crippen LogP contribution in [-0.2, 0) is 0 Å². The molecule has 69 heavy (non-hydrogen) atoms. The fourth-order valence-corrected chi connectivity index (χ4v) is 10.4. The molecule has 0 radical (unpaired) electrons. The van der Waals surface area contributed by atoms with Crippen molar-refractivity contribution in [1.82, 2.24) is 9.13 Å². The molecule has 3 heteroatoms. The van der Waals surface area contributed by atoms with Crippen LogP contribution in [0.15, 0.2) is 273 Å². The summed E-state index contributed by atoms with van der Waals surface area (Å²) in [6.45, 7) is 0. The minimum Gasteiger partial charge on any atom is -0.311 e. The van der Waals surface area contributed by atoms with Gasteiger partial charge >= 0.3 is 0 Å². The second-order valence-corrected chi connectivity index (χ2v) is 17.8. The molecular weight excluding hydrogens is 835 g/mol. The summed E-state index contributed by atoms with van der Waals surface area (Å²) in [7, 11) is 0. The van der Waals surface area contributed by atoms with Crippen molar-refractivity contribution in [2.24, 2.45) is 0 Å².